The number of hydrogen-bond donors (Lipinski definition) is 1. The Labute approximate surface area is 112 Å². The van der Waals surface area contributed by atoms with Crippen molar-refractivity contribution in [2.75, 3.05) is 11.9 Å². The number of hydrogen-bond acceptors (Lipinski definition) is 5. The SMILES string of the molecule is CN(Cc1nccs1)c1nc(Cl)nc2[nH]ccc12. The highest BCUT2D eigenvalue weighted by molar-refractivity contribution is 7.09. The predicted molar refractivity (Wildman–Crippen MR) is 73.1 cm³/mol. The van der Waals surface area contributed by atoms with Gasteiger partial charge in [-0.1, -0.05) is 0 Å². The quantitative estimate of drug-likeness (QED) is 0.749. The van der Waals surface area contributed by atoms with Gasteiger partial charge in [-0.2, -0.15) is 9.97 Å². The van der Waals surface area contributed by atoms with Crippen LogP contribution in [0, 0.1) is 0 Å². The van der Waals surface area contributed by atoms with Gasteiger partial charge in [0, 0.05) is 24.8 Å². The number of halogens is 1. The number of nitrogens with one attached hydrogen (secondary N) is 1. The molecule has 0 bridgehead atoms. The molecule has 92 valence electrons. The van der Waals surface area contributed by atoms with Crippen LogP contribution in [0.4, 0.5) is 5.82 Å². The highest BCUT2D eigenvalue weighted by Crippen LogP contribution is 2.25. The Morgan fingerprint density at radius 2 is 2.33 bits per heavy atom. The van der Waals surface area contributed by atoms with Crippen LogP contribution in [0.3, 0.4) is 0 Å². The molecule has 3 aromatic heterocycles. The second kappa shape index (κ2) is 4.55. The maximum Gasteiger partial charge on any atom is 0.226 e. The molecule has 18 heavy (non-hydrogen) atoms. The van der Waals surface area contributed by atoms with Gasteiger partial charge in [-0.05, 0) is 17.7 Å². The van der Waals surface area contributed by atoms with Crippen LogP contribution in [0.1, 0.15) is 5.01 Å². The molecule has 0 amide bonds. The van der Waals surface area contributed by atoms with Gasteiger partial charge in [0.05, 0.1) is 11.9 Å². The zero-order valence-corrected chi connectivity index (χ0v) is 11.2. The Morgan fingerprint density at radius 1 is 1.44 bits per heavy atom. The van der Waals surface area contributed by atoms with Gasteiger partial charge in [-0.25, -0.2) is 4.98 Å². The summed E-state index contributed by atoms with van der Waals surface area (Å²) in [5, 5.41) is 4.20. The first-order valence-electron chi connectivity index (χ1n) is 5.34. The first kappa shape index (κ1) is 11.4. The number of aromatic nitrogens is 4. The zero-order valence-electron chi connectivity index (χ0n) is 9.59. The fourth-order valence-corrected chi connectivity index (χ4v) is 2.63. The number of thiazole rings is 1. The van der Waals surface area contributed by atoms with E-state index >= 15 is 0 Å². The van der Waals surface area contributed by atoms with Crippen molar-refractivity contribution in [2.45, 2.75) is 6.54 Å². The summed E-state index contributed by atoms with van der Waals surface area (Å²) in [5.74, 6) is 0.807. The normalized spacial score (nSPS) is 11.0. The summed E-state index contributed by atoms with van der Waals surface area (Å²) < 4.78 is 0. The minimum Gasteiger partial charge on any atom is -0.352 e. The Balaban J connectivity index is 2.00. The molecule has 3 aromatic rings. The van der Waals surface area contributed by atoms with Crippen molar-refractivity contribution in [3.8, 4) is 0 Å². The number of anilines is 1. The van der Waals surface area contributed by atoms with Crippen molar-refractivity contribution in [2.24, 2.45) is 0 Å². The lowest BCUT2D eigenvalue weighted by Gasteiger charge is -2.17. The third kappa shape index (κ3) is 2.04. The van der Waals surface area contributed by atoms with Gasteiger partial charge in [-0.3, -0.25) is 0 Å². The van der Waals surface area contributed by atoms with E-state index in [9.17, 15) is 0 Å². The van der Waals surface area contributed by atoms with E-state index in [4.69, 9.17) is 11.6 Å². The summed E-state index contributed by atoms with van der Waals surface area (Å²) in [6.07, 6.45) is 3.63. The summed E-state index contributed by atoms with van der Waals surface area (Å²) in [4.78, 5) is 17.7. The highest BCUT2D eigenvalue weighted by Gasteiger charge is 2.12. The molecule has 0 atom stereocenters. The monoisotopic (exact) mass is 279 g/mol. The van der Waals surface area contributed by atoms with Crippen LogP contribution in [0.5, 0.6) is 0 Å². The number of fused-ring (bicyclic) bond motifs is 1. The smallest absolute Gasteiger partial charge is 0.226 e. The lowest BCUT2D eigenvalue weighted by Crippen LogP contribution is -2.18. The first-order chi connectivity index (χ1) is 8.74. The number of H-pyrrole nitrogens is 1. The fraction of sp³-hybridized carbons (Fsp3) is 0.182. The van der Waals surface area contributed by atoms with Crippen molar-refractivity contribution in [3.05, 3.63) is 34.1 Å². The van der Waals surface area contributed by atoms with E-state index in [-0.39, 0.29) is 5.28 Å². The van der Waals surface area contributed by atoms with Crippen molar-refractivity contribution in [1.82, 2.24) is 19.9 Å². The second-order valence-corrected chi connectivity index (χ2v) is 5.16. The average Bonchev–Trinajstić information content (AvgIpc) is 2.97. The maximum absolute atomic E-state index is 5.92. The highest BCUT2D eigenvalue weighted by atomic mass is 35.5. The van der Waals surface area contributed by atoms with Crippen LogP contribution in [0.2, 0.25) is 5.28 Å². The van der Waals surface area contributed by atoms with Crippen LogP contribution in [0.15, 0.2) is 23.8 Å². The molecule has 0 saturated heterocycles. The predicted octanol–water partition coefficient (Wildman–Crippen LogP) is 2.70. The Kier molecular flexibility index (Phi) is 2.89. The molecule has 0 aliphatic carbocycles. The maximum atomic E-state index is 5.92. The number of rotatable bonds is 3. The second-order valence-electron chi connectivity index (χ2n) is 3.84. The molecule has 0 aliphatic heterocycles. The third-order valence-electron chi connectivity index (χ3n) is 2.59. The molecule has 0 saturated carbocycles. The van der Waals surface area contributed by atoms with Gasteiger partial charge >= 0.3 is 0 Å². The summed E-state index contributed by atoms with van der Waals surface area (Å²) >= 11 is 7.55. The van der Waals surface area contributed by atoms with E-state index < -0.39 is 0 Å². The molecule has 0 aromatic carbocycles. The van der Waals surface area contributed by atoms with Gasteiger partial charge in [-0.15, -0.1) is 11.3 Å². The molecule has 0 aliphatic rings. The molecular formula is C11H10ClN5S. The molecule has 3 rings (SSSR count). The Morgan fingerprint density at radius 3 is 3.11 bits per heavy atom. The molecule has 5 nitrogen and oxygen atoms in total. The van der Waals surface area contributed by atoms with Crippen LogP contribution in [0.25, 0.3) is 11.0 Å². The van der Waals surface area contributed by atoms with E-state index in [1.807, 2.05) is 29.6 Å². The van der Waals surface area contributed by atoms with E-state index in [2.05, 4.69) is 19.9 Å². The number of aromatic amines is 1. The van der Waals surface area contributed by atoms with Crippen molar-refractivity contribution >= 4 is 39.8 Å². The Bertz CT molecular complexity index is 663. The van der Waals surface area contributed by atoms with Crippen molar-refractivity contribution in [1.29, 1.82) is 0 Å². The molecule has 0 radical (unpaired) electrons. The van der Waals surface area contributed by atoms with E-state index in [1.165, 1.54) is 0 Å². The zero-order chi connectivity index (χ0) is 12.5. The van der Waals surface area contributed by atoms with Crippen LogP contribution in [-0.4, -0.2) is 27.0 Å². The topological polar surface area (TPSA) is 57.7 Å². The summed E-state index contributed by atoms with van der Waals surface area (Å²) in [6, 6.07) is 1.94. The molecule has 7 heteroatoms. The van der Waals surface area contributed by atoms with Crippen LogP contribution >= 0.6 is 22.9 Å². The van der Waals surface area contributed by atoms with Crippen molar-refractivity contribution in [3.63, 3.8) is 0 Å². The van der Waals surface area contributed by atoms with Gasteiger partial charge in [0.25, 0.3) is 0 Å². The van der Waals surface area contributed by atoms with Gasteiger partial charge < -0.3 is 9.88 Å². The molecule has 0 unspecified atom stereocenters. The summed E-state index contributed by atoms with van der Waals surface area (Å²) in [5.41, 5.74) is 0.746. The van der Waals surface area contributed by atoms with Crippen LogP contribution in [-0.2, 0) is 6.54 Å². The molecule has 0 spiro atoms. The van der Waals surface area contributed by atoms with Gasteiger partial charge in [0.2, 0.25) is 5.28 Å². The standard InChI is InChI=1S/C11H10ClN5S/c1-17(6-8-13-4-5-18-8)10-7-2-3-14-9(7)15-11(12)16-10/h2-5H,6H2,1H3,(H,14,15,16). The number of nitrogens with zero attached hydrogens (tertiary/aromatic N) is 4. The van der Waals surface area contributed by atoms with E-state index in [0.717, 1.165) is 21.9 Å². The molecule has 3 heterocycles. The molecule has 1 N–H and O–H groups in total. The summed E-state index contributed by atoms with van der Waals surface area (Å²) in [7, 11) is 1.96. The minimum atomic E-state index is 0.242. The van der Waals surface area contributed by atoms with Gasteiger partial charge in [0.15, 0.2) is 0 Å². The summed E-state index contributed by atoms with van der Waals surface area (Å²) in [6.45, 7) is 0.700. The molecule has 0 fully saturated rings. The van der Waals surface area contributed by atoms with Gasteiger partial charge in [0.1, 0.15) is 16.5 Å². The van der Waals surface area contributed by atoms with E-state index in [1.54, 1.807) is 17.5 Å². The van der Waals surface area contributed by atoms with E-state index in [0.29, 0.717) is 6.54 Å². The third-order valence-corrected chi connectivity index (χ3v) is 3.52. The van der Waals surface area contributed by atoms with Crippen LogP contribution < -0.4 is 4.90 Å². The van der Waals surface area contributed by atoms with Crippen molar-refractivity contribution < 1.29 is 0 Å². The molecular weight excluding hydrogens is 270 g/mol. The minimum absolute atomic E-state index is 0.242. The largest absolute Gasteiger partial charge is 0.352 e. The average molecular weight is 280 g/mol. The Hall–Kier alpha value is -1.66. The fourth-order valence-electron chi connectivity index (χ4n) is 1.80. The lowest BCUT2D eigenvalue weighted by atomic mass is 10.3. The lowest BCUT2D eigenvalue weighted by molar-refractivity contribution is 0.890. The first-order valence-corrected chi connectivity index (χ1v) is 6.60.